The van der Waals surface area contributed by atoms with Crippen molar-refractivity contribution in [3.63, 3.8) is 0 Å². The van der Waals surface area contributed by atoms with E-state index < -0.39 is 0 Å². The summed E-state index contributed by atoms with van der Waals surface area (Å²) in [5.74, 6) is -0.380. The standard InChI is InChI=1S/C17H19N3O2/c1-12(14-5-3-2-4-6-14)19-17(22)20-15-9-7-13(8-10-15)11-16(18)21/h2-10,12H,11H2,1H3,(H2,18,21)(H2,19,20,22). The van der Waals surface area contributed by atoms with E-state index in [1.165, 1.54) is 0 Å². The molecule has 5 nitrogen and oxygen atoms in total. The first-order chi connectivity index (χ1) is 10.5. The van der Waals surface area contributed by atoms with E-state index in [1.807, 2.05) is 37.3 Å². The predicted octanol–water partition coefficient (Wildman–Crippen LogP) is 2.60. The molecule has 0 saturated heterocycles. The second-order valence-electron chi connectivity index (χ2n) is 5.07. The summed E-state index contributed by atoms with van der Waals surface area (Å²) < 4.78 is 0. The molecule has 0 fully saturated rings. The summed E-state index contributed by atoms with van der Waals surface area (Å²) in [6, 6.07) is 16.4. The van der Waals surface area contributed by atoms with Gasteiger partial charge in [-0.2, -0.15) is 0 Å². The number of amides is 3. The third-order valence-corrected chi connectivity index (χ3v) is 3.24. The Bertz CT molecular complexity index is 639. The lowest BCUT2D eigenvalue weighted by atomic mass is 10.1. The first-order valence-corrected chi connectivity index (χ1v) is 7.04. The minimum Gasteiger partial charge on any atom is -0.369 e. The van der Waals surface area contributed by atoms with Crippen molar-refractivity contribution in [3.8, 4) is 0 Å². The maximum atomic E-state index is 12.0. The molecule has 1 atom stereocenters. The van der Waals surface area contributed by atoms with Gasteiger partial charge in [-0.05, 0) is 30.2 Å². The van der Waals surface area contributed by atoms with Gasteiger partial charge in [-0.15, -0.1) is 0 Å². The maximum absolute atomic E-state index is 12.0. The van der Waals surface area contributed by atoms with Crippen LogP contribution in [-0.4, -0.2) is 11.9 Å². The van der Waals surface area contributed by atoms with Gasteiger partial charge in [0.05, 0.1) is 12.5 Å². The van der Waals surface area contributed by atoms with Crippen LogP contribution in [0.4, 0.5) is 10.5 Å². The van der Waals surface area contributed by atoms with Crippen LogP contribution in [-0.2, 0) is 11.2 Å². The summed E-state index contributed by atoms with van der Waals surface area (Å²) in [5.41, 5.74) is 7.65. The normalized spacial score (nSPS) is 11.5. The molecule has 0 heterocycles. The molecule has 2 rings (SSSR count). The van der Waals surface area contributed by atoms with E-state index in [0.717, 1.165) is 11.1 Å². The van der Waals surface area contributed by atoms with E-state index in [4.69, 9.17) is 5.73 Å². The first kappa shape index (κ1) is 15.6. The molecule has 0 saturated carbocycles. The number of anilines is 1. The average molecular weight is 297 g/mol. The number of rotatable bonds is 5. The SMILES string of the molecule is CC(NC(=O)Nc1ccc(CC(N)=O)cc1)c1ccccc1. The Morgan fingerprint density at radius 1 is 1.05 bits per heavy atom. The Morgan fingerprint density at radius 2 is 1.68 bits per heavy atom. The number of hydrogen-bond donors (Lipinski definition) is 3. The summed E-state index contributed by atoms with van der Waals surface area (Å²) >= 11 is 0. The highest BCUT2D eigenvalue weighted by Gasteiger charge is 2.09. The molecule has 114 valence electrons. The minimum absolute atomic E-state index is 0.0877. The molecule has 2 aromatic carbocycles. The van der Waals surface area contributed by atoms with Gasteiger partial charge in [0.1, 0.15) is 0 Å². The molecule has 4 N–H and O–H groups in total. The van der Waals surface area contributed by atoms with Gasteiger partial charge in [0.15, 0.2) is 0 Å². The van der Waals surface area contributed by atoms with E-state index in [9.17, 15) is 9.59 Å². The molecule has 0 spiro atoms. The topological polar surface area (TPSA) is 84.2 Å². The van der Waals surface area contributed by atoms with Crippen LogP contribution in [0.5, 0.6) is 0 Å². The van der Waals surface area contributed by atoms with Crippen LogP contribution in [0, 0.1) is 0 Å². The lowest BCUT2D eigenvalue weighted by molar-refractivity contribution is -0.117. The molecule has 0 aliphatic rings. The van der Waals surface area contributed by atoms with Gasteiger partial charge >= 0.3 is 6.03 Å². The second kappa shape index (κ2) is 7.26. The Labute approximate surface area is 129 Å². The molecule has 22 heavy (non-hydrogen) atoms. The van der Waals surface area contributed by atoms with E-state index in [0.29, 0.717) is 5.69 Å². The van der Waals surface area contributed by atoms with Gasteiger partial charge in [0.2, 0.25) is 5.91 Å². The van der Waals surface area contributed by atoms with Crippen molar-refractivity contribution >= 4 is 17.6 Å². The third-order valence-electron chi connectivity index (χ3n) is 3.24. The fraction of sp³-hybridized carbons (Fsp3) is 0.176. The van der Waals surface area contributed by atoms with Crippen LogP contribution in [0.3, 0.4) is 0 Å². The highest BCUT2D eigenvalue weighted by atomic mass is 16.2. The van der Waals surface area contributed by atoms with Gasteiger partial charge in [-0.1, -0.05) is 42.5 Å². The summed E-state index contributed by atoms with van der Waals surface area (Å²) in [6.07, 6.45) is 0.192. The number of benzene rings is 2. The summed E-state index contributed by atoms with van der Waals surface area (Å²) in [4.78, 5) is 22.8. The summed E-state index contributed by atoms with van der Waals surface area (Å²) in [5, 5.41) is 5.62. The summed E-state index contributed by atoms with van der Waals surface area (Å²) in [6.45, 7) is 1.92. The number of hydrogen-bond acceptors (Lipinski definition) is 2. The number of carbonyl (C=O) groups excluding carboxylic acids is 2. The van der Waals surface area contributed by atoms with Crippen molar-refractivity contribution in [1.29, 1.82) is 0 Å². The number of primary amides is 1. The first-order valence-electron chi connectivity index (χ1n) is 7.04. The molecule has 5 heteroatoms. The van der Waals surface area contributed by atoms with Crippen molar-refractivity contribution < 1.29 is 9.59 Å². The van der Waals surface area contributed by atoms with Gasteiger partial charge in [-0.25, -0.2) is 4.79 Å². The Morgan fingerprint density at radius 3 is 2.27 bits per heavy atom. The molecule has 0 radical (unpaired) electrons. The quantitative estimate of drug-likeness (QED) is 0.792. The predicted molar refractivity (Wildman–Crippen MR) is 86.4 cm³/mol. The number of urea groups is 1. The van der Waals surface area contributed by atoms with E-state index in [1.54, 1.807) is 24.3 Å². The Balaban J connectivity index is 1.90. The van der Waals surface area contributed by atoms with Crippen molar-refractivity contribution in [2.45, 2.75) is 19.4 Å². The molecule has 0 aliphatic carbocycles. The molecule has 0 bridgehead atoms. The van der Waals surface area contributed by atoms with Gasteiger partial charge < -0.3 is 16.4 Å². The largest absolute Gasteiger partial charge is 0.369 e. The van der Waals surface area contributed by atoms with Crippen LogP contribution in [0.25, 0.3) is 0 Å². The fourth-order valence-corrected chi connectivity index (χ4v) is 2.10. The van der Waals surface area contributed by atoms with E-state index >= 15 is 0 Å². The Hall–Kier alpha value is -2.82. The molecule has 0 aromatic heterocycles. The number of nitrogens with two attached hydrogens (primary N) is 1. The molecular formula is C17H19N3O2. The van der Waals surface area contributed by atoms with Crippen molar-refractivity contribution in [3.05, 3.63) is 65.7 Å². The van der Waals surface area contributed by atoms with E-state index in [2.05, 4.69) is 10.6 Å². The highest BCUT2D eigenvalue weighted by Crippen LogP contribution is 2.13. The second-order valence-corrected chi connectivity index (χ2v) is 5.07. The van der Waals surface area contributed by atoms with Gasteiger partial charge in [0.25, 0.3) is 0 Å². The monoisotopic (exact) mass is 297 g/mol. The lowest BCUT2D eigenvalue weighted by Gasteiger charge is -2.15. The van der Waals surface area contributed by atoms with E-state index in [-0.39, 0.29) is 24.4 Å². The van der Waals surface area contributed by atoms with Gasteiger partial charge in [-0.3, -0.25) is 4.79 Å². The average Bonchev–Trinajstić information content (AvgIpc) is 2.49. The zero-order chi connectivity index (χ0) is 15.9. The molecule has 0 aliphatic heterocycles. The molecule has 2 aromatic rings. The lowest BCUT2D eigenvalue weighted by Crippen LogP contribution is -2.31. The van der Waals surface area contributed by atoms with Crippen LogP contribution in [0.1, 0.15) is 24.1 Å². The third kappa shape index (κ3) is 4.63. The van der Waals surface area contributed by atoms with Crippen LogP contribution in [0.15, 0.2) is 54.6 Å². The highest BCUT2D eigenvalue weighted by molar-refractivity contribution is 5.89. The smallest absolute Gasteiger partial charge is 0.319 e. The van der Waals surface area contributed by atoms with Crippen LogP contribution < -0.4 is 16.4 Å². The van der Waals surface area contributed by atoms with Crippen molar-refractivity contribution in [2.75, 3.05) is 5.32 Å². The molecule has 1 unspecified atom stereocenters. The summed E-state index contributed by atoms with van der Waals surface area (Å²) in [7, 11) is 0. The zero-order valence-corrected chi connectivity index (χ0v) is 12.4. The van der Waals surface area contributed by atoms with Gasteiger partial charge in [0, 0.05) is 5.69 Å². The number of carbonyl (C=O) groups is 2. The van der Waals surface area contributed by atoms with Crippen molar-refractivity contribution in [1.82, 2.24) is 5.32 Å². The maximum Gasteiger partial charge on any atom is 0.319 e. The van der Waals surface area contributed by atoms with Crippen molar-refractivity contribution in [2.24, 2.45) is 5.73 Å². The van der Waals surface area contributed by atoms with Crippen LogP contribution >= 0.6 is 0 Å². The van der Waals surface area contributed by atoms with Crippen LogP contribution in [0.2, 0.25) is 0 Å². The Kier molecular flexibility index (Phi) is 5.14. The number of nitrogens with one attached hydrogen (secondary N) is 2. The zero-order valence-electron chi connectivity index (χ0n) is 12.4. The molecule has 3 amide bonds. The fourth-order valence-electron chi connectivity index (χ4n) is 2.10. The molecular weight excluding hydrogens is 278 g/mol. The minimum atomic E-state index is -0.380.